The normalized spacial score (nSPS) is 22.6. The van der Waals surface area contributed by atoms with Crippen molar-refractivity contribution < 1.29 is 18.7 Å². The van der Waals surface area contributed by atoms with Gasteiger partial charge in [-0.1, -0.05) is 6.07 Å². The first-order chi connectivity index (χ1) is 12.7. The molecule has 3 heterocycles. The summed E-state index contributed by atoms with van der Waals surface area (Å²) in [6, 6.07) is 4.98. The van der Waals surface area contributed by atoms with E-state index in [4.69, 9.17) is 9.47 Å². The van der Waals surface area contributed by atoms with Crippen molar-refractivity contribution in [2.75, 3.05) is 46.1 Å². The first kappa shape index (κ1) is 17.5. The number of carbonyl (C=O) groups excluding carboxylic acids is 1. The predicted molar refractivity (Wildman–Crippen MR) is 95.7 cm³/mol. The largest absolute Gasteiger partial charge is 0.381 e. The number of benzene rings is 1. The second kappa shape index (κ2) is 7.73. The van der Waals surface area contributed by atoms with Crippen molar-refractivity contribution in [1.82, 2.24) is 15.2 Å². The van der Waals surface area contributed by atoms with Crippen LogP contribution >= 0.6 is 0 Å². The van der Waals surface area contributed by atoms with E-state index in [0.717, 1.165) is 32.7 Å². The van der Waals surface area contributed by atoms with E-state index in [2.05, 4.69) is 15.2 Å². The van der Waals surface area contributed by atoms with Gasteiger partial charge in [-0.3, -0.25) is 9.69 Å². The quantitative estimate of drug-likeness (QED) is 0.852. The number of halogens is 1. The van der Waals surface area contributed by atoms with Crippen LogP contribution in [0.2, 0.25) is 0 Å². The Morgan fingerprint density at radius 2 is 2.15 bits per heavy atom. The van der Waals surface area contributed by atoms with Crippen LogP contribution in [0.1, 0.15) is 16.8 Å². The van der Waals surface area contributed by atoms with Crippen LogP contribution in [0.25, 0.3) is 10.9 Å². The van der Waals surface area contributed by atoms with E-state index in [0.29, 0.717) is 42.1 Å². The molecule has 2 N–H and O–H groups in total. The molecule has 0 aliphatic carbocycles. The molecule has 0 saturated carbocycles. The molecule has 6 nitrogen and oxygen atoms in total. The van der Waals surface area contributed by atoms with Crippen LogP contribution < -0.4 is 5.32 Å². The Morgan fingerprint density at radius 1 is 1.31 bits per heavy atom. The lowest BCUT2D eigenvalue weighted by molar-refractivity contribution is 0.00167. The maximum absolute atomic E-state index is 14.1. The van der Waals surface area contributed by atoms with Crippen LogP contribution in [0.15, 0.2) is 24.4 Å². The standard InChI is InChI=1S/C19H24FN3O3/c20-15-2-1-3-16-18(15)14(10-21-16)19(24)22-11-17(13-4-7-26-12-13)23-5-8-25-9-6-23/h1-3,10,13,17,21H,4-9,11-12H2,(H,22,24). The van der Waals surface area contributed by atoms with E-state index < -0.39 is 0 Å². The van der Waals surface area contributed by atoms with Gasteiger partial charge >= 0.3 is 0 Å². The highest BCUT2D eigenvalue weighted by Crippen LogP contribution is 2.23. The van der Waals surface area contributed by atoms with Gasteiger partial charge in [0.15, 0.2) is 0 Å². The number of carbonyl (C=O) groups is 1. The monoisotopic (exact) mass is 361 g/mol. The van der Waals surface area contributed by atoms with Gasteiger partial charge in [-0.15, -0.1) is 0 Å². The molecule has 0 bridgehead atoms. The maximum Gasteiger partial charge on any atom is 0.253 e. The van der Waals surface area contributed by atoms with E-state index in [-0.39, 0.29) is 17.8 Å². The topological polar surface area (TPSA) is 66.6 Å². The maximum atomic E-state index is 14.1. The number of aromatic nitrogens is 1. The summed E-state index contributed by atoms with van der Waals surface area (Å²) in [6.45, 7) is 5.16. The first-order valence-electron chi connectivity index (χ1n) is 9.17. The summed E-state index contributed by atoms with van der Waals surface area (Å²) in [6.07, 6.45) is 2.57. The average molecular weight is 361 g/mol. The lowest BCUT2D eigenvalue weighted by Crippen LogP contribution is -2.52. The third-order valence-corrected chi connectivity index (χ3v) is 5.40. The van der Waals surface area contributed by atoms with Crippen LogP contribution in [-0.2, 0) is 9.47 Å². The summed E-state index contributed by atoms with van der Waals surface area (Å²) in [4.78, 5) is 18.0. The van der Waals surface area contributed by atoms with Gasteiger partial charge in [-0.05, 0) is 18.6 Å². The molecule has 4 rings (SSSR count). The Labute approximate surface area is 151 Å². The molecule has 0 radical (unpaired) electrons. The molecule has 2 aliphatic heterocycles. The van der Waals surface area contributed by atoms with Crippen molar-refractivity contribution in [2.45, 2.75) is 12.5 Å². The second-order valence-electron chi connectivity index (χ2n) is 6.91. The van der Waals surface area contributed by atoms with Gasteiger partial charge in [0, 0.05) is 55.3 Å². The number of fused-ring (bicyclic) bond motifs is 1. The Bertz CT molecular complexity index is 766. The zero-order valence-electron chi connectivity index (χ0n) is 14.7. The van der Waals surface area contributed by atoms with E-state index in [9.17, 15) is 9.18 Å². The van der Waals surface area contributed by atoms with Crippen LogP contribution in [0.5, 0.6) is 0 Å². The molecule has 26 heavy (non-hydrogen) atoms. The minimum Gasteiger partial charge on any atom is -0.381 e. The minimum absolute atomic E-state index is 0.209. The number of nitrogens with one attached hydrogen (secondary N) is 2. The number of amides is 1. The highest BCUT2D eigenvalue weighted by Gasteiger charge is 2.32. The van der Waals surface area contributed by atoms with Crippen molar-refractivity contribution in [3.8, 4) is 0 Å². The highest BCUT2D eigenvalue weighted by atomic mass is 19.1. The number of rotatable bonds is 5. The summed E-state index contributed by atoms with van der Waals surface area (Å²) < 4.78 is 25.1. The average Bonchev–Trinajstić information content (AvgIpc) is 3.33. The Hall–Kier alpha value is -1.96. The van der Waals surface area contributed by atoms with Crippen molar-refractivity contribution >= 4 is 16.8 Å². The first-order valence-corrected chi connectivity index (χ1v) is 9.17. The lowest BCUT2D eigenvalue weighted by Gasteiger charge is -2.37. The van der Waals surface area contributed by atoms with Gasteiger partial charge < -0.3 is 19.8 Å². The zero-order valence-corrected chi connectivity index (χ0v) is 14.7. The number of ether oxygens (including phenoxy) is 2. The fourth-order valence-corrected chi connectivity index (χ4v) is 3.97. The Balaban J connectivity index is 1.48. The summed E-state index contributed by atoms with van der Waals surface area (Å²) in [5, 5.41) is 3.36. The fraction of sp³-hybridized carbons (Fsp3) is 0.526. The van der Waals surface area contributed by atoms with Gasteiger partial charge in [0.2, 0.25) is 0 Å². The van der Waals surface area contributed by atoms with Crippen molar-refractivity contribution in [3.05, 3.63) is 35.8 Å². The third kappa shape index (κ3) is 3.47. The number of hydrogen-bond acceptors (Lipinski definition) is 4. The van der Waals surface area contributed by atoms with Crippen molar-refractivity contribution in [2.24, 2.45) is 5.92 Å². The summed E-state index contributed by atoms with van der Waals surface area (Å²) >= 11 is 0. The molecule has 2 unspecified atom stereocenters. The van der Waals surface area contributed by atoms with Crippen LogP contribution in [-0.4, -0.2) is 67.9 Å². The molecule has 2 aromatic rings. The molecular formula is C19H24FN3O3. The number of aromatic amines is 1. The molecule has 1 aromatic heterocycles. The van der Waals surface area contributed by atoms with E-state index in [1.807, 2.05) is 0 Å². The van der Waals surface area contributed by atoms with E-state index in [1.54, 1.807) is 18.3 Å². The molecule has 7 heteroatoms. The number of morpholine rings is 1. The molecule has 2 fully saturated rings. The third-order valence-electron chi connectivity index (χ3n) is 5.40. The van der Waals surface area contributed by atoms with Crippen LogP contribution in [0.3, 0.4) is 0 Å². The molecule has 0 spiro atoms. The number of H-pyrrole nitrogens is 1. The summed E-state index contributed by atoms with van der Waals surface area (Å²) in [7, 11) is 0. The molecule has 1 aromatic carbocycles. The van der Waals surface area contributed by atoms with Crippen LogP contribution in [0, 0.1) is 11.7 Å². The fourth-order valence-electron chi connectivity index (χ4n) is 3.97. The molecule has 2 saturated heterocycles. The van der Waals surface area contributed by atoms with Gasteiger partial charge in [0.1, 0.15) is 5.82 Å². The molecule has 140 valence electrons. The van der Waals surface area contributed by atoms with Crippen molar-refractivity contribution in [3.63, 3.8) is 0 Å². The zero-order chi connectivity index (χ0) is 17.9. The summed E-state index contributed by atoms with van der Waals surface area (Å²) in [5.41, 5.74) is 0.977. The molecular weight excluding hydrogens is 337 g/mol. The number of hydrogen-bond donors (Lipinski definition) is 2. The van der Waals surface area contributed by atoms with E-state index >= 15 is 0 Å². The molecule has 2 atom stereocenters. The van der Waals surface area contributed by atoms with Gasteiger partial charge in [-0.2, -0.15) is 0 Å². The van der Waals surface area contributed by atoms with E-state index in [1.165, 1.54) is 6.07 Å². The Kier molecular flexibility index (Phi) is 5.19. The second-order valence-corrected chi connectivity index (χ2v) is 6.91. The summed E-state index contributed by atoms with van der Waals surface area (Å²) in [5.74, 6) is -0.241. The minimum atomic E-state index is -0.386. The van der Waals surface area contributed by atoms with Crippen LogP contribution in [0.4, 0.5) is 4.39 Å². The SMILES string of the molecule is O=C(NCC(C1CCOC1)N1CCOCC1)c1c[nH]c2cccc(F)c12. The van der Waals surface area contributed by atoms with Gasteiger partial charge in [0.25, 0.3) is 5.91 Å². The van der Waals surface area contributed by atoms with Gasteiger partial charge in [-0.25, -0.2) is 4.39 Å². The predicted octanol–water partition coefficient (Wildman–Crippen LogP) is 1.77. The van der Waals surface area contributed by atoms with Crippen molar-refractivity contribution in [1.29, 1.82) is 0 Å². The smallest absolute Gasteiger partial charge is 0.253 e. The van der Waals surface area contributed by atoms with Gasteiger partial charge in [0.05, 0.1) is 25.4 Å². The lowest BCUT2D eigenvalue weighted by atomic mass is 9.96. The number of nitrogens with zero attached hydrogens (tertiary/aromatic N) is 1. The Morgan fingerprint density at radius 3 is 2.92 bits per heavy atom. The molecule has 2 aliphatic rings. The highest BCUT2D eigenvalue weighted by molar-refractivity contribution is 6.06. The molecule has 1 amide bonds.